The molecule has 0 heteroatoms. The van der Waals surface area contributed by atoms with Gasteiger partial charge in [-0.1, -0.05) is 76.2 Å². The van der Waals surface area contributed by atoms with Crippen LogP contribution in [0.25, 0.3) is 0 Å². The predicted octanol–water partition coefficient (Wildman–Crippen LogP) is 6.55. The molecule has 0 saturated heterocycles. The SMILES string of the molecule is CC(C)C1(C)CCC1(C)C(C)(C)C(C)(C)C(C)(C)C. The zero-order chi connectivity index (χ0) is 15.5. The van der Waals surface area contributed by atoms with E-state index in [9.17, 15) is 0 Å². The van der Waals surface area contributed by atoms with E-state index in [1.807, 2.05) is 0 Å². The molecule has 0 bridgehead atoms. The fraction of sp³-hybridized carbons (Fsp3) is 1.00. The van der Waals surface area contributed by atoms with Crippen molar-refractivity contribution in [1.82, 2.24) is 0 Å². The van der Waals surface area contributed by atoms with E-state index in [-0.39, 0.29) is 0 Å². The molecule has 0 aromatic carbocycles. The van der Waals surface area contributed by atoms with Crippen LogP contribution in [0.2, 0.25) is 0 Å². The van der Waals surface area contributed by atoms with E-state index < -0.39 is 0 Å². The van der Waals surface area contributed by atoms with Crippen LogP contribution in [0.15, 0.2) is 0 Å². The van der Waals surface area contributed by atoms with Crippen LogP contribution in [0.1, 0.15) is 89.0 Å². The van der Waals surface area contributed by atoms with Gasteiger partial charge in [0.15, 0.2) is 0 Å². The van der Waals surface area contributed by atoms with Gasteiger partial charge in [-0.3, -0.25) is 0 Å². The van der Waals surface area contributed by atoms with Crippen LogP contribution >= 0.6 is 0 Å². The molecule has 19 heavy (non-hydrogen) atoms. The van der Waals surface area contributed by atoms with Crippen molar-refractivity contribution in [2.24, 2.45) is 33.0 Å². The Bertz CT molecular complexity index is 340. The van der Waals surface area contributed by atoms with Gasteiger partial charge in [0.25, 0.3) is 0 Å². The third kappa shape index (κ3) is 1.92. The van der Waals surface area contributed by atoms with Crippen molar-refractivity contribution in [1.29, 1.82) is 0 Å². The van der Waals surface area contributed by atoms with Gasteiger partial charge in [0, 0.05) is 0 Å². The van der Waals surface area contributed by atoms with E-state index in [0.29, 0.717) is 27.1 Å². The van der Waals surface area contributed by atoms with Gasteiger partial charge < -0.3 is 0 Å². The summed E-state index contributed by atoms with van der Waals surface area (Å²) in [6.07, 6.45) is 2.78. The summed E-state index contributed by atoms with van der Waals surface area (Å²) >= 11 is 0. The van der Waals surface area contributed by atoms with Crippen molar-refractivity contribution in [3.63, 3.8) is 0 Å². The molecule has 1 saturated carbocycles. The maximum absolute atomic E-state index is 2.56. The minimum Gasteiger partial charge on any atom is -0.0622 e. The van der Waals surface area contributed by atoms with Gasteiger partial charge in [0.05, 0.1) is 0 Å². The number of hydrogen-bond acceptors (Lipinski definition) is 0. The van der Waals surface area contributed by atoms with Crippen molar-refractivity contribution in [3.05, 3.63) is 0 Å². The van der Waals surface area contributed by atoms with Gasteiger partial charge in [-0.25, -0.2) is 0 Å². The van der Waals surface area contributed by atoms with E-state index in [1.165, 1.54) is 12.8 Å². The summed E-state index contributed by atoms with van der Waals surface area (Å²) in [7, 11) is 0. The summed E-state index contributed by atoms with van der Waals surface area (Å²) in [6, 6.07) is 0. The van der Waals surface area contributed by atoms with Crippen molar-refractivity contribution in [2.45, 2.75) is 89.0 Å². The van der Waals surface area contributed by atoms with Gasteiger partial charge in [-0.15, -0.1) is 0 Å². The highest BCUT2D eigenvalue weighted by Gasteiger charge is 2.65. The van der Waals surface area contributed by atoms with Crippen LogP contribution in [-0.2, 0) is 0 Å². The first kappa shape index (κ1) is 17.1. The van der Waals surface area contributed by atoms with E-state index in [4.69, 9.17) is 0 Å². The van der Waals surface area contributed by atoms with Gasteiger partial charge in [0.1, 0.15) is 0 Å². The molecule has 0 radical (unpaired) electrons. The molecule has 1 aliphatic carbocycles. The first-order valence-electron chi connectivity index (χ1n) is 8.15. The lowest BCUT2D eigenvalue weighted by molar-refractivity contribution is -0.222. The molecule has 1 aliphatic rings. The highest BCUT2D eigenvalue weighted by atomic mass is 14.7. The average Bonchev–Trinajstić information content (AvgIpc) is 2.22. The van der Waals surface area contributed by atoms with Crippen LogP contribution in [0.4, 0.5) is 0 Å². The monoisotopic (exact) mass is 266 g/mol. The third-order valence-electron chi connectivity index (χ3n) is 8.50. The van der Waals surface area contributed by atoms with E-state index >= 15 is 0 Å². The molecule has 0 aromatic heterocycles. The number of hydrogen-bond donors (Lipinski definition) is 0. The first-order valence-corrected chi connectivity index (χ1v) is 8.15. The largest absolute Gasteiger partial charge is 0.0622 e. The zero-order valence-electron chi connectivity index (χ0n) is 15.5. The number of rotatable bonds is 3. The smallest absolute Gasteiger partial charge is 0.0213 e. The van der Waals surface area contributed by atoms with E-state index in [1.54, 1.807) is 0 Å². The topological polar surface area (TPSA) is 0 Å². The van der Waals surface area contributed by atoms with Crippen LogP contribution in [0.5, 0.6) is 0 Å². The van der Waals surface area contributed by atoms with E-state index in [0.717, 1.165) is 5.92 Å². The van der Waals surface area contributed by atoms with Crippen molar-refractivity contribution >= 4 is 0 Å². The first-order chi connectivity index (χ1) is 8.15. The maximum atomic E-state index is 2.56. The summed E-state index contributed by atoms with van der Waals surface area (Å²) in [4.78, 5) is 0. The molecule has 2 unspecified atom stereocenters. The fourth-order valence-electron chi connectivity index (χ4n) is 4.47. The van der Waals surface area contributed by atoms with Crippen LogP contribution in [-0.4, -0.2) is 0 Å². The molecule has 0 heterocycles. The normalized spacial score (nSPS) is 33.5. The summed E-state index contributed by atoms with van der Waals surface area (Å²) in [5.41, 5.74) is 1.89. The van der Waals surface area contributed by atoms with Crippen molar-refractivity contribution < 1.29 is 0 Å². The Morgan fingerprint density at radius 2 is 1.21 bits per heavy atom. The Labute approximate surface area is 122 Å². The predicted molar refractivity (Wildman–Crippen MR) is 87.3 cm³/mol. The fourth-order valence-corrected chi connectivity index (χ4v) is 4.47. The lowest BCUT2D eigenvalue weighted by Gasteiger charge is -2.71. The Balaban J connectivity index is 3.28. The molecule has 1 rings (SSSR count). The second-order valence-corrected chi connectivity index (χ2v) is 9.90. The third-order valence-corrected chi connectivity index (χ3v) is 8.50. The highest BCUT2D eigenvalue weighted by molar-refractivity contribution is 5.14. The van der Waals surface area contributed by atoms with Gasteiger partial charge in [-0.2, -0.15) is 0 Å². The lowest BCUT2D eigenvalue weighted by Crippen LogP contribution is -2.64. The summed E-state index contributed by atoms with van der Waals surface area (Å²) in [5.74, 6) is 0.765. The minimum absolute atomic E-state index is 0.311. The molecule has 1 fully saturated rings. The molecule has 2 atom stereocenters. The second-order valence-electron chi connectivity index (χ2n) is 9.90. The van der Waals surface area contributed by atoms with Gasteiger partial charge >= 0.3 is 0 Å². The summed E-state index contributed by atoms with van der Waals surface area (Å²) in [6.45, 7) is 27.2. The van der Waals surface area contributed by atoms with Crippen LogP contribution in [0.3, 0.4) is 0 Å². The van der Waals surface area contributed by atoms with Crippen LogP contribution in [0, 0.1) is 33.0 Å². The molecule has 0 N–H and O–H groups in total. The van der Waals surface area contributed by atoms with Crippen molar-refractivity contribution in [2.75, 3.05) is 0 Å². The molecule has 0 amide bonds. The minimum atomic E-state index is 0.311. The Kier molecular flexibility index (Phi) is 3.81. The average molecular weight is 267 g/mol. The molecule has 0 spiro atoms. The van der Waals surface area contributed by atoms with E-state index in [2.05, 4.69) is 76.2 Å². The van der Waals surface area contributed by atoms with Gasteiger partial charge in [0.2, 0.25) is 0 Å². The summed E-state index contributed by atoms with van der Waals surface area (Å²) < 4.78 is 0. The molecule has 0 aliphatic heterocycles. The molecular weight excluding hydrogens is 228 g/mol. The Morgan fingerprint density at radius 3 is 1.42 bits per heavy atom. The molecule has 0 aromatic rings. The molecule has 114 valence electrons. The maximum Gasteiger partial charge on any atom is -0.0213 e. The van der Waals surface area contributed by atoms with Gasteiger partial charge in [-0.05, 0) is 45.8 Å². The molecular formula is C19H38. The zero-order valence-corrected chi connectivity index (χ0v) is 15.5. The van der Waals surface area contributed by atoms with Crippen LogP contribution < -0.4 is 0 Å². The molecule has 0 nitrogen and oxygen atoms in total. The highest BCUT2D eigenvalue weighted by Crippen LogP contribution is 2.73. The standard InChI is InChI=1S/C19H38/c1-14(2)18(10)12-13-19(18,11)17(8,9)16(6,7)15(3,4)5/h14H,12-13H2,1-11H3. The Hall–Kier alpha value is 0. The van der Waals surface area contributed by atoms with Crippen molar-refractivity contribution in [3.8, 4) is 0 Å². The Morgan fingerprint density at radius 1 is 0.789 bits per heavy atom. The summed E-state index contributed by atoms with van der Waals surface area (Å²) in [5, 5.41) is 0. The lowest BCUT2D eigenvalue weighted by atomic mass is 9.34. The second kappa shape index (κ2) is 4.25. The quantitative estimate of drug-likeness (QED) is 0.543.